The minimum Gasteiger partial charge on any atom is -0.494 e. The molecular formula is C34H30F5N3O2S. The smallest absolute Gasteiger partial charge is 0.416 e. The van der Waals surface area contributed by atoms with E-state index in [0.717, 1.165) is 23.8 Å². The summed E-state index contributed by atoms with van der Waals surface area (Å²) in [5, 5.41) is 12.9. The third-order valence-electron chi connectivity index (χ3n) is 8.06. The highest BCUT2D eigenvalue weighted by Gasteiger charge is 2.38. The van der Waals surface area contributed by atoms with Crippen LogP contribution in [0.3, 0.4) is 0 Å². The van der Waals surface area contributed by atoms with Gasteiger partial charge in [-0.2, -0.15) is 18.4 Å². The maximum atomic E-state index is 15.7. The number of nitriles is 1. The fourth-order valence-electron chi connectivity index (χ4n) is 5.90. The van der Waals surface area contributed by atoms with Crippen LogP contribution in [-0.2, 0) is 12.6 Å². The zero-order valence-corrected chi connectivity index (χ0v) is 25.4. The van der Waals surface area contributed by atoms with Crippen molar-refractivity contribution in [3.05, 3.63) is 117 Å². The van der Waals surface area contributed by atoms with Gasteiger partial charge in [0.2, 0.25) is 0 Å². The van der Waals surface area contributed by atoms with Gasteiger partial charge in [0.25, 0.3) is 5.56 Å². The number of aromatic nitrogens is 1. The number of alkyl halides is 3. The van der Waals surface area contributed by atoms with Crippen LogP contribution in [0, 0.1) is 29.9 Å². The van der Waals surface area contributed by atoms with Gasteiger partial charge in [-0.1, -0.05) is 48.5 Å². The summed E-state index contributed by atoms with van der Waals surface area (Å²) in [5.74, 6) is -1.53. The Kier molecular flexibility index (Phi) is 9.65. The van der Waals surface area contributed by atoms with E-state index in [9.17, 15) is 18.0 Å². The molecule has 0 radical (unpaired) electrons. The summed E-state index contributed by atoms with van der Waals surface area (Å²) in [6.45, 7) is 2.03. The monoisotopic (exact) mass is 639 g/mol. The molecule has 45 heavy (non-hydrogen) atoms. The van der Waals surface area contributed by atoms with Crippen LogP contribution in [0.1, 0.15) is 52.7 Å². The molecule has 0 saturated heterocycles. The number of hydrogen-bond donors (Lipinski definition) is 1. The molecule has 1 aliphatic rings. The number of fused-ring (bicyclic) bond motifs is 1. The van der Waals surface area contributed by atoms with Crippen LogP contribution in [0.15, 0.2) is 76.6 Å². The van der Waals surface area contributed by atoms with Crippen molar-refractivity contribution in [1.82, 2.24) is 9.88 Å². The minimum atomic E-state index is -4.82. The summed E-state index contributed by atoms with van der Waals surface area (Å²) < 4.78 is 79.8. The Morgan fingerprint density at radius 1 is 1.07 bits per heavy atom. The molecular weight excluding hydrogens is 609 g/mol. The molecule has 0 saturated carbocycles. The number of nitrogens with zero attached hydrogens (tertiary/aromatic N) is 2. The molecule has 5 rings (SSSR count). The summed E-state index contributed by atoms with van der Waals surface area (Å²) in [6.07, 6.45) is -4.39. The molecule has 0 amide bonds. The first-order chi connectivity index (χ1) is 21.6. The number of thioether (sulfide) groups is 1. The lowest BCUT2D eigenvalue weighted by Crippen LogP contribution is -2.36. The van der Waals surface area contributed by atoms with Gasteiger partial charge in [0.1, 0.15) is 5.82 Å². The van der Waals surface area contributed by atoms with E-state index in [4.69, 9.17) is 10.00 Å². The number of unbranched alkanes of at least 4 members (excludes halogenated alkanes) is 1. The van der Waals surface area contributed by atoms with Crippen molar-refractivity contribution >= 4 is 11.8 Å². The van der Waals surface area contributed by atoms with E-state index in [1.807, 2.05) is 30.3 Å². The van der Waals surface area contributed by atoms with E-state index < -0.39 is 53.0 Å². The van der Waals surface area contributed by atoms with Crippen LogP contribution in [0.4, 0.5) is 22.0 Å². The summed E-state index contributed by atoms with van der Waals surface area (Å²) in [6, 6.07) is 17.7. The molecule has 2 atom stereocenters. The van der Waals surface area contributed by atoms with Crippen molar-refractivity contribution in [3.8, 4) is 22.9 Å². The third-order valence-corrected chi connectivity index (χ3v) is 9.29. The maximum absolute atomic E-state index is 15.7. The Morgan fingerprint density at radius 3 is 2.49 bits per heavy atom. The molecule has 11 heteroatoms. The average molecular weight is 640 g/mol. The predicted octanol–water partition coefficient (Wildman–Crippen LogP) is 8.00. The van der Waals surface area contributed by atoms with Gasteiger partial charge in [0, 0.05) is 29.7 Å². The molecule has 234 valence electrons. The molecule has 2 heterocycles. The minimum absolute atomic E-state index is 0.0289. The Bertz CT molecular complexity index is 1800. The largest absolute Gasteiger partial charge is 0.494 e. The molecule has 3 aromatic carbocycles. The summed E-state index contributed by atoms with van der Waals surface area (Å²) in [7, 11) is 1.29. The fraction of sp³-hybridized carbons (Fsp3) is 0.294. The number of hydrogen-bond acceptors (Lipinski definition) is 5. The average Bonchev–Trinajstić information content (AvgIpc) is 3.45. The SMILES string of the molecule is COc1cccc(-c2c(C)c(Cc3c(F)cccc3C(F)(F)F)c3n(c2=O)C(C(NCCCC#N)c2ccccc2)CS3)c1F. The Morgan fingerprint density at radius 2 is 1.80 bits per heavy atom. The van der Waals surface area contributed by atoms with Gasteiger partial charge in [-0.05, 0) is 54.8 Å². The van der Waals surface area contributed by atoms with Crippen LogP contribution < -0.4 is 15.6 Å². The maximum Gasteiger partial charge on any atom is 0.416 e. The molecule has 1 aromatic heterocycles. The van der Waals surface area contributed by atoms with Crippen LogP contribution in [-0.4, -0.2) is 24.0 Å². The van der Waals surface area contributed by atoms with Crippen LogP contribution in [0.25, 0.3) is 11.1 Å². The molecule has 1 aliphatic heterocycles. The van der Waals surface area contributed by atoms with Gasteiger partial charge in [0.05, 0.1) is 41.4 Å². The molecule has 2 unspecified atom stereocenters. The Balaban J connectivity index is 1.76. The van der Waals surface area contributed by atoms with E-state index in [0.29, 0.717) is 35.7 Å². The van der Waals surface area contributed by atoms with E-state index in [2.05, 4.69) is 11.4 Å². The van der Waals surface area contributed by atoms with Crippen molar-refractivity contribution in [1.29, 1.82) is 5.26 Å². The summed E-state index contributed by atoms with van der Waals surface area (Å²) in [4.78, 5) is 14.5. The van der Waals surface area contributed by atoms with Gasteiger partial charge in [-0.15, -0.1) is 11.8 Å². The highest BCUT2D eigenvalue weighted by atomic mass is 32.2. The van der Waals surface area contributed by atoms with Crippen molar-refractivity contribution in [2.24, 2.45) is 0 Å². The van der Waals surface area contributed by atoms with Gasteiger partial charge in [-0.3, -0.25) is 9.36 Å². The first kappa shape index (κ1) is 32.3. The topological polar surface area (TPSA) is 67.0 Å². The quantitative estimate of drug-likeness (QED) is 0.141. The lowest BCUT2D eigenvalue weighted by atomic mass is 9.91. The second kappa shape index (κ2) is 13.5. The van der Waals surface area contributed by atoms with Crippen LogP contribution >= 0.6 is 11.8 Å². The van der Waals surface area contributed by atoms with Crippen molar-refractivity contribution in [2.45, 2.75) is 49.5 Å². The number of halogens is 5. The number of benzene rings is 3. The Hall–Kier alpha value is -4.14. The number of pyridine rings is 1. The lowest BCUT2D eigenvalue weighted by molar-refractivity contribution is -0.138. The second-order valence-corrected chi connectivity index (χ2v) is 11.7. The Labute approximate surface area is 261 Å². The highest BCUT2D eigenvalue weighted by Crippen LogP contribution is 2.45. The lowest BCUT2D eigenvalue weighted by Gasteiger charge is -2.28. The zero-order chi connectivity index (χ0) is 32.3. The van der Waals surface area contributed by atoms with Crippen LogP contribution in [0.2, 0.25) is 0 Å². The highest BCUT2D eigenvalue weighted by molar-refractivity contribution is 7.99. The first-order valence-corrected chi connectivity index (χ1v) is 15.3. The molecule has 5 nitrogen and oxygen atoms in total. The van der Waals surface area contributed by atoms with Crippen molar-refractivity contribution in [2.75, 3.05) is 19.4 Å². The number of nitrogens with one attached hydrogen (secondary N) is 1. The van der Waals surface area contributed by atoms with Crippen molar-refractivity contribution in [3.63, 3.8) is 0 Å². The fourth-order valence-corrected chi connectivity index (χ4v) is 7.33. The van der Waals surface area contributed by atoms with E-state index in [1.54, 1.807) is 6.92 Å². The van der Waals surface area contributed by atoms with Crippen LogP contribution in [0.5, 0.6) is 5.75 Å². The van der Waals surface area contributed by atoms with Gasteiger partial charge in [-0.25, -0.2) is 8.78 Å². The zero-order valence-electron chi connectivity index (χ0n) is 24.6. The number of methoxy groups -OCH3 is 1. The second-order valence-electron chi connectivity index (χ2n) is 10.7. The normalized spacial score (nSPS) is 15.0. The predicted molar refractivity (Wildman–Crippen MR) is 163 cm³/mol. The molecule has 0 bridgehead atoms. The number of rotatable bonds is 10. The first-order valence-electron chi connectivity index (χ1n) is 14.3. The molecule has 0 aliphatic carbocycles. The molecule has 0 fully saturated rings. The number of ether oxygens (including phenoxy) is 1. The van der Waals surface area contributed by atoms with Gasteiger partial charge >= 0.3 is 6.18 Å². The van der Waals surface area contributed by atoms with E-state index in [1.165, 1.54) is 41.6 Å². The van der Waals surface area contributed by atoms with E-state index in [-0.39, 0.29) is 22.4 Å². The summed E-state index contributed by atoms with van der Waals surface area (Å²) >= 11 is 1.30. The van der Waals surface area contributed by atoms with Crippen molar-refractivity contribution < 1.29 is 26.7 Å². The molecule has 4 aromatic rings. The molecule has 0 spiro atoms. The van der Waals surface area contributed by atoms with E-state index >= 15 is 8.78 Å². The third kappa shape index (κ3) is 6.35. The standard InChI is InChI=1S/C34H30F5N3O2S/c1-20-23(18-24-25(34(37,38)39)13-9-14-26(24)35)33-42(32(43)29(20)22-12-8-15-28(44-2)30(22)36)27(19-45-33)31(41-17-7-6-16-40)21-10-4-3-5-11-21/h3-5,8-15,27,31,41H,6-7,17-19H2,1-2H3. The van der Waals surface area contributed by atoms with Gasteiger partial charge < -0.3 is 10.1 Å². The summed E-state index contributed by atoms with van der Waals surface area (Å²) in [5.41, 5.74) is -0.827. The van der Waals surface area contributed by atoms with Gasteiger partial charge in [0.15, 0.2) is 11.6 Å². The molecule has 1 N–H and O–H groups in total.